The highest BCUT2D eigenvalue weighted by Gasteiger charge is 2.25. The number of hydrogen-bond acceptors (Lipinski definition) is 5. The topological polar surface area (TPSA) is 66.7 Å². The maximum absolute atomic E-state index is 12.5. The van der Waals surface area contributed by atoms with Gasteiger partial charge in [0.2, 0.25) is 5.91 Å². The van der Waals surface area contributed by atoms with E-state index in [1.54, 1.807) is 0 Å². The van der Waals surface area contributed by atoms with E-state index in [1.807, 2.05) is 39.0 Å². The first kappa shape index (κ1) is 21.6. The average molecular weight is 400 g/mol. The number of aryl methyl sites for hydroxylation is 2. The molecule has 6 heteroatoms. The lowest BCUT2D eigenvalue weighted by Gasteiger charge is -2.34. The minimum Gasteiger partial charge on any atom is -0.465 e. The molecule has 2 aromatic rings. The number of rotatable bonds is 8. The van der Waals surface area contributed by atoms with E-state index >= 15 is 0 Å². The van der Waals surface area contributed by atoms with E-state index in [1.165, 1.54) is 5.56 Å². The van der Waals surface area contributed by atoms with Crippen LogP contribution in [0.1, 0.15) is 42.0 Å². The molecular weight excluding hydrogens is 366 g/mol. The molecule has 0 bridgehead atoms. The van der Waals surface area contributed by atoms with Crippen LogP contribution >= 0.6 is 0 Å². The number of furan rings is 1. The summed E-state index contributed by atoms with van der Waals surface area (Å²) in [6.45, 7) is 12.1. The first-order chi connectivity index (χ1) is 13.9. The first-order valence-corrected chi connectivity index (χ1v) is 10.4. The average Bonchev–Trinajstić information content (AvgIpc) is 3.12. The SMILES string of the molecule is Cc1ccc(C(CNC(C)CC(=O)Nc2cccc(C)c2C)N2CCOCC2)o1. The Morgan fingerprint density at radius 1 is 1.14 bits per heavy atom. The molecule has 0 aliphatic carbocycles. The molecule has 1 amide bonds. The van der Waals surface area contributed by atoms with E-state index in [0.717, 1.165) is 55.6 Å². The lowest BCUT2D eigenvalue weighted by atomic mass is 10.1. The van der Waals surface area contributed by atoms with E-state index in [9.17, 15) is 4.79 Å². The van der Waals surface area contributed by atoms with E-state index in [2.05, 4.69) is 34.6 Å². The van der Waals surface area contributed by atoms with E-state index in [4.69, 9.17) is 9.15 Å². The number of carbonyl (C=O) groups is 1. The second kappa shape index (κ2) is 10.1. The fourth-order valence-electron chi connectivity index (χ4n) is 3.68. The summed E-state index contributed by atoms with van der Waals surface area (Å²) in [5, 5.41) is 6.57. The van der Waals surface area contributed by atoms with Crippen molar-refractivity contribution in [2.24, 2.45) is 0 Å². The molecular formula is C23H33N3O3. The van der Waals surface area contributed by atoms with Crippen molar-refractivity contribution in [2.45, 2.75) is 46.2 Å². The van der Waals surface area contributed by atoms with Crippen LogP contribution in [0.4, 0.5) is 5.69 Å². The monoisotopic (exact) mass is 399 g/mol. The number of nitrogens with zero attached hydrogens (tertiary/aromatic N) is 1. The minimum absolute atomic E-state index is 0.0236. The Labute approximate surface area is 173 Å². The Bertz CT molecular complexity index is 811. The molecule has 158 valence electrons. The van der Waals surface area contributed by atoms with Gasteiger partial charge in [-0.3, -0.25) is 9.69 Å². The molecule has 0 saturated carbocycles. The molecule has 2 atom stereocenters. The van der Waals surface area contributed by atoms with Crippen LogP contribution in [-0.4, -0.2) is 49.7 Å². The first-order valence-electron chi connectivity index (χ1n) is 10.4. The van der Waals surface area contributed by atoms with Crippen molar-refractivity contribution in [3.63, 3.8) is 0 Å². The number of hydrogen-bond donors (Lipinski definition) is 2. The van der Waals surface area contributed by atoms with E-state index in [-0.39, 0.29) is 18.0 Å². The minimum atomic E-state index is 0.0236. The molecule has 2 heterocycles. The molecule has 0 radical (unpaired) electrons. The Hall–Kier alpha value is -2.15. The summed E-state index contributed by atoms with van der Waals surface area (Å²) < 4.78 is 11.4. The van der Waals surface area contributed by atoms with Gasteiger partial charge in [0.15, 0.2) is 0 Å². The van der Waals surface area contributed by atoms with Crippen LogP contribution in [0.15, 0.2) is 34.7 Å². The maximum Gasteiger partial charge on any atom is 0.225 e. The number of anilines is 1. The van der Waals surface area contributed by atoms with Crippen molar-refractivity contribution in [3.8, 4) is 0 Å². The van der Waals surface area contributed by atoms with Gasteiger partial charge in [0.1, 0.15) is 11.5 Å². The molecule has 2 unspecified atom stereocenters. The van der Waals surface area contributed by atoms with Crippen LogP contribution in [0.2, 0.25) is 0 Å². The molecule has 1 aliphatic rings. The molecule has 1 saturated heterocycles. The Morgan fingerprint density at radius 3 is 2.59 bits per heavy atom. The zero-order valence-corrected chi connectivity index (χ0v) is 18.0. The number of nitrogens with one attached hydrogen (secondary N) is 2. The molecule has 3 rings (SSSR count). The summed E-state index contributed by atoms with van der Waals surface area (Å²) in [7, 11) is 0. The second-order valence-electron chi connectivity index (χ2n) is 7.92. The molecule has 1 aliphatic heterocycles. The second-order valence-corrected chi connectivity index (χ2v) is 7.92. The summed E-state index contributed by atoms with van der Waals surface area (Å²) in [6.07, 6.45) is 0.417. The maximum atomic E-state index is 12.5. The van der Waals surface area contributed by atoms with Gasteiger partial charge < -0.3 is 19.8 Å². The number of carbonyl (C=O) groups excluding carboxylic acids is 1. The third kappa shape index (κ3) is 5.92. The van der Waals surface area contributed by atoms with Crippen LogP contribution in [-0.2, 0) is 9.53 Å². The van der Waals surface area contributed by atoms with Crippen molar-refractivity contribution in [3.05, 3.63) is 53.0 Å². The molecule has 2 N–H and O–H groups in total. The van der Waals surface area contributed by atoms with Gasteiger partial charge in [0.25, 0.3) is 0 Å². The van der Waals surface area contributed by atoms with Crippen LogP contribution in [0.25, 0.3) is 0 Å². The zero-order chi connectivity index (χ0) is 20.8. The molecule has 29 heavy (non-hydrogen) atoms. The van der Waals surface area contributed by atoms with Crippen molar-refractivity contribution in [1.29, 1.82) is 0 Å². The summed E-state index contributed by atoms with van der Waals surface area (Å²) in [5.74, 6) is 1.90. The summed E-state index contributed by atoms with van der Waals surface area (Å²) >= 11 is 0. The van der Waals surface area contributed by atoms with Crippen LogP contribution < -0.4 is 10.6 Å². The summed E-state index contributed by atoms with van der Waals surface area (Å²) in [5.41, 5.74) is 3.18. The van der Waals surface area contributed by atoms with E-state index in [0.29, 0.717) is 6.42 Å². The fraction of sp³-hybridized carbons (Fsp3) is 0.522. The number of ether oxygens (including phenoxy) is 1. The van der Waals surface area contributed by atoms with Gasteiger partial charge in [0.05, 0.1) is 19.3 Å². The Kier molecular flexibility index (Phi) is 7.47. The molecule has 0 spiro atoms. The van der Waals surface area contributed by atoms with Gasteiger partial charge in [-0.25, -0.2) is 0 Å². The standard InChI is InChI=1S/C23H33N3O3/c1-16-6-5-7-20(19(16)4)25-23(27)14-17(2)24-15-21(22-9-8-18(3)29-22)26-10-12-28-13-11-26/h5-9,17,21,24H,10-15H2,1-4H3,(H,25,27). The van der Waals surface area contributed by atoms with Crippen LogP contribution in [0.3, 0.4) is 0 Å². The van der Waals surface area contributed by atoms with Crippen molar-refractivity contribution >= 4 is 11.6 Å². The number of amides is 1. The number of morpholine rings is 1. The van der Waals surface area contributed by atoms with Gasteiger partial charge in [-0.2, -0.15) is 0 Å². The molecule has 1 aromatic carbocycles. The highest BCUT2D eigenvalue weighted by atomic mass is 16.5. The third-order valence-electron chi connectivity index (χ3n) is 5.61. The van der Waals surface area contributed by atoms with Gasteiger partial charge in [-0.15, -0.1) is 0 Å². The smallest absolute Gasteiger partial charge is 0.225 e. The fourth-order valence-corrected chi connectivity index (χ4v) is 3.68. The highest BCUT2D eigenvalue weighted by Crippen LogP contribution is 2.24. The lowest BCUT2D eigenvalue weighted by Crippen LogP contribution is -2.44. The molecule has 6 nitrogen and oxygen atoms in total. The Balaban J connectivity index is 1.55. The lowest BCUT2D eigenvalue weighted by molar-refractivity contribution is -0.116. The molecule has 1 aromatic heterocycles. The van der Waals surface area contributed by atoms with Crippen LogP contribution in [0, 0.1) is 20.8 Å². The van der Waals surface area contributed by atoms with E-state index < -0.39 is 0 Å². The van der Waals surface area contributed by atoms with Crippen molar-refractivity contribution in [1.82, 2.24) is 10.2 Å². The summed E-state index contributed by atoms with van der Waals surface area (Å²) in [6, 6.07) is 10.2. The Morgan fingerprint density at radius 2 is 1.90 bits per heavy atom. The predicted molar refractivity (Wildman–Crippen MR) is 115 cm³/mol. The largest absolute Gasteiger partial charge is 0.465 e. The summed E-state index contributed by atoms with van der Waals surface area (Å²) in [4.78, 5) is 14.9. The van der Waals surface area contributed by atoms with Crippen molar-refractivity contribution in [2.75, 3.05) is 38.2 Å². The molecule has 1 fully saturated rings. The van der Waals surface area contributed by atoms with Gasteiger partial charge >= 0.3 is 0 Å². The third-order valence-corrected chi connectivity index (χ3v) is 5.61. The van der Waals surface area contributed by atoms with Gasteiger partial charge in [-0.05, 0) is 57.0 Å². The van der Waals surface area contributed by atoms with Crippen LogP contribution in [0.5, 0.6) is 0 Å². The van der Waals surface area contributed by atoms with Gasteiger partial charge in [0, 0.05) is 37.8 Å². The predicted octanol–water partition coefficient (Wildman–Crippen LogP) is 3.59. The van der Waals surface area contributed by atoms with Gasteiger partial charge in [-0.1, -0.05) is 12.1 Å². The normalized spacial score (nSPS) is 17.1. The quantitative estimate of drug-likeness (QED) is 0.710. The highest BCUT2D eigenvalue weighted by molar-refractivity contribution is 5.92. The van der Waals surface area contributed by atoms with Crippen molar-refractivity contribution < 1.29 is 13.9 Å². The number of benzene rings is 1. The zero-order valence-electron chi connectivity index (χ0n) is 18.0.